The number of halogens is 1. The van der Waals surface area contributed by atoms with Gasteiger partial charge < -0.3 is 5.73 Å². The predicted octanol–water partition coefficient (Wildman–Crippen LogP) is 2.75. The molecule has 0 bridgehead atoms. The highest BCUT2D eigenvalue weighted by molar-refractivity contribution is 9.10. The first kappa shape index (κ1) is 14.0. The SMILES string of the molecule is NC(=C1C(=O)c2ccccc2S1(=O)=O)c1ccccc1Br. The van der Waals surface area contributed by atoms with Gasteiger partial charge in [0.1, 0.15) is 4.91 Å². The van der Waals surface area contributed by atoms with Crippen molar-refractivity contribution in [2.24, 2.45) is 5.73 Å². The highest BCUT2D eigenvalue weighted by Gasteiger charge is 2.41. The summed E-state index contributed by atoms with van der Waals surface area (Å²) in [5.41, 5.74) is 6.61. The number of nitrogens with two attached hydrogens (primary N) is 1. The molecular formula is C15H10BrNO3S. The van der Waals surface area contributed by atoms with Crippen LogP contribution in [-0.2, 0) is 9.84 Å². The van der Waals surface area contributed by atoms with Crippen molar-refractivity contribution in [3.63, 3.8) is 0 Å². The minimum absolute atomic E-state index is 0.0139. The van der Waals surface area contributed by atoms with Gasteiger partial charge in [0.2, 0.25) is 15.6 Å². The summed E-state index contributed by atoms with van der Waals surface area (Å²) in [6, 6.07) is 13.0. The van der Waals surface area contributed by atoms with E-state index in [-0.39, 0.29) is 21.1 Å². The van der Waals surface area contributed by atoms with Crippen molar-refractivity contribution < 1.29 is 13.2 Å². The van der Waals surface area contributed by atoms with Gasteiger partial charge in [0.15, 0.2) is 0 Å². The molecule has 21 heavy (non-hydrogen) atoms. The molecule has 2 N–H and O–H groups in total. The van der Waals surface area contributed by atoms with E-state index in [1.165, 1.54) is 12.1 Å². The number of rotatable bonds is 1. The Labute approximate surface area is 130 Å². The average Bonchev–Trinajstić information content (AvgIpc) is 2.67. The predicted molar refractivity (Wildman–Crippen MR) is 83.2 cm³/mol. The van der Waals surface area contributed by atoms with E-state index >= 15 is 0 Å². The fourth-order valence-corrected chi connectivity index (χ4v) is 4.49. The molecule has 0 fully saturated rings. The van der Waals surface area contributed by atoms with Crippen LogP contribution in [0.3, 0.4) is 0 Å². The molecule has 0 amide bonds. The van der Waals surface area contributed by atoms with Crippen LogP contribution in [0.4, 0.5) is 0 Å². The van der Waals surface area contributed by atoms with E-state index in [4.69, 9.17) is 5.73 Å². The Bertz CT molecular complexity index is 901. The smallest absolute Gasteiger partial charge is 0.213 e. The molecule has 0 radical (unpaired) electrons. The zero-order valence-electron chi connectivity index (χ0n) is 10.7. The number of carbonyl (C=O) groups excluding carboxylic acids is 1. The number of carbonyl (C=O) groups is 1. The molecule has 106 valence electrons. The molecule has 4 nitrogen and oxygen atoms in total. The van der Waals surface area contributed by atoms with Gasteiger partial charge in [-0.15, -0.1) is 0 Å². The van der Waals surface area contributed by atoms with Crippen molar-refractivity contribution >= 4 is 37.2 Å². The second-order valence-electron chi connectivity index (χ2n) is 4.55. The summed E-state index contributed by atoms with van der Waals surface area (Å²) >= 11 is 3.32. The van der Waals surface area contributed by atoms with Crippen molar-refractivity contribution in [3.8, 4) is 0 Å². The number of benzene rings is 2. The lowest BCUT2D eigenvalue weighted by Gasteiger charge is -2.07. The fraction of sp³-hybridized carbons (Fsp3) is 0. The van der Waals surface area contributed by atoms with Crippen LogP contribution in [0.25, 0.3) is 5.70 Å². The van der Waals surface area contributed by atoms with Gasteiger partial charge in [-0.2, -0.15) is 0 Å². The monoisotopic (exact) mass is 363 g/mol. The van der Waals surface area contributed by atoms with Gasteiger partial charge in [-0.1, -0.05) is 46.3 Å². The molecule has 0 aromatic heterocycles. The van der Waals surface area contributed by atoms with Gasteiger partial charge in [0, 0.05) is 15.6 Å². The third-order valence-electron chi connectivity index (χ3n) is 3.30. The van der Waals surface area contributed by atoms with Crippen molar-refractivity contribution in [1.29, 1.82) is 0 Å². The zero-order valence-corrected chi connectivity index (χ0v) is 13.1. The lowest BCUT2D eigenvalue weighted by atomic mass is 10.1. The lowest BCUT2D eigenvalue weighted by Crippen LogP contribution is -2.11. The van der Waals surface area contributed by atoms with E-state index < -0.39 is 15.6 Å². The van der Waals surface area contributed by atoms with Crippen molar-refractivity contribution in [1.82, 2.24) is 0 Å². The summed E-state index contributed by atoms with van der Waals surface area (Å²) in [4.78, 5) is 12.1. The van der Waals surface area contributed by atoms with Crippen LogP contribution in [0.2, 0.25) is 0 Å². The number of hydrogen-bond donors (Lipinski definition) is 1. The summed E-state index contributed by atoms with van der Waals surface area (Å²) in [5, 5.41) is 0. The second kappa shape index (κ2) is 4.82. The van der Waals surface area contributed by atoms with Crippen LogP contribution in [-0.4, -0.2) is 14.2 Å². The Hall–Kier alpha value is -1.92. The quantitative estimate of drug-likeness (QED) is 0.790. The average molecular weight is 364 g/mol. The normalized spacial score (nSPS) is 18.4. The Morgan fingerprint density at radius 2 is 1.62 bits per heavy atom. The molecule has 1 aliphatic heterocycles. The van der Waals surface area contributed by atoms with Gasteiger partial charge in [0.05, 0.1) is 10.6 Å². The van der Waals surface area contributed by atoms with Gasteiger partial charge in [-0.05, 0) is 18.2 Å². The van der Waals surface area contributed by atoms with Crippen molar-refractivity contribution in [2.75, 3.05) is 0 Å². The molecule has 0 unspecified atom stereocenters. The van der Waals surface area contributed by atoms with Crippen LogP contribution in [0, 0.1) is 0 Å². The maximum atomic E-state index is 12.5. The fourth-order valence-electron chi connectivity index (χ4n) is 2.31. The number of fused-ring (bicyclic) bond motifs is 1. The standard InChI is InChI=1S/C15H10BrNO3S/c16-11-7-3-1-5-9(11)13(17)15-14(18)10-6-2-4-8-12(10)21(15,19)20/h1-8H,17H2. The zero-order chi connectivity index (χ0) is 15.2. The van der Waals surface area contributed by atoms with Crippen LogP contribution < -0.4 is 5.73 Å². The molecule has 2 aromatic rings. The highest BCUT2D eigenvalue weighted by atomic mass is 79.9. The molecule has 0 atom stereocenters. The molecule has 0 spiro atoms. The van der Waals surface area contributed by atoms with E-state index in [0.29, 0.717) is 10.0 Å². The Morgan fingerprint density at radius 1 is 1.00 bits per heavy atom. The number of Topliss-reactive ketones (excluding diaryl/α,β-unsaturated/α-hetero) is 1. The maximum absolute atomic E-state index is 12.5. The van der Waals surface area contributed by atoms with Crippen molar-refractivity contribution in [2.45, 2.75) is 4.90 Å². The number of sulfone groups is 1. The van der Waals surface area contributed by atoms with Gasteiger partial charge in [-0.25, -0.2) is 8.42 Å². The molecule has 6 heteroatoms. The topological polar surface area (TPSA) is 77.2 Å². The van der Waals surface area contributed by atoms with E-state index in [0.717, 1.165) is 0 Å². The molecule has 0 saturated carbocycles. The van der Waals surface area contributed by atoms with Crippen LogP contribution in [0.15, 0.2) is 62.8 Å². The third kappa shape index (κ3) is 2.02. The maximum Gasteiger partial charge on any atom is 0.213 e. The van der Waals surface area contributed by atoms with E-state index in [2.05, 4.69) is 15.9 Å². The number of hydrogen-bond acceptors (Lipinski definition) is 4. The summed E-state index contributed by atoms with van der Waals surface area (Å²) in [6.07, 6.45) is 0. The minimum atomic E-state index is -3.88. The first-order valence-electron chi connectivity index (χ1n) is 6.08. The molecular weight excluding hydrogens is 354 g/mol. The number of allylic oxidation sites excluding steroid dienone is 1. The summed E-state index contributed by atoms with van der Waals surface area (Å²) in [6.45, 7) is 0. The summed E-state index contributed by atoms with van der Waals surface area (Å²) < 4.78 is 25.7. The number of ketones is 1. The van der Waals surface area contributed by atoms with Crippen molar-refractivity contribution in [3.05, 3.63) is 69.0 Å². The molecule has 0 aliphatic carbocycles. The van der Waals surface area contributed by atoms with E-state index in [1.54, 1.807) is 36.4 Å². The molecule has 3 rings (SSSR count). The first-order chi connectivity index (χ1) is 9.94. The summed E-state index contributed by atoms with van der Waals surface area (Å²) in [5.74, 6) is -0.557. The third-order valence-corrected chi connectivity index (χ3v) is 5.87. The Kier molecular flexibility index (Phi) is 3.22. The Morgan fingerprint density at radius 3 is 2.29 bits per heavy atom. The van der Waals surface area contributed by atoms with E-state index in [9.17, 15) is 13.2 Å². The van der Waals surface area contributed by atoms with E-state index in [1.807, 2.05) is 0 Å². The highest BCUT2D eigenvalue weighted by Crippen LogP contribution is 2.37. The van der Waals surface area contributed by atoms with Crippen LogP contribution in [0.1, 0.15) is 15.9 Å². The second-order valence-corrected chi connectivity index (χ2v) is 7.26. The molecule has 1 heterocycles. The van der Waals surface area contributed by atoms with Gasteiger partial charge in [0.25, 0.3) is 0 Å². The largest absolute Gasteiger partial charge is 0.397 e. The Balaban J connectivity index is 2.33. The van der Waals surface area contributed by atoms with Gasteiger partial charge in [-0.3, -0.25) is 4.79 Å². The van der Waals surface area contributed by atoms with Crippen LogP contribution in [0.5, 0.6) is 0 Å². The minimum Gasteiger partial charge on any atom is -0.397 e. The lowest BCUT2D eigenvalue weighted by molar-refractivity contribution is 0.104. The molecule has 1 aliphatic rings. The van der Waals surface area contributed by atoms with Crippen LogP contribution >= 0.6 is 15.9 Å². The first-order valence-corrected chi connectivity index (χ1v) is 8.35. The summed E-state index contributed by atoms with van der Waals surface area (Å²) in [7, 11) is -3.88. The van der Waals surface area contributed by atoms with Gasteiger partial charge >= 0.3 is 0 Å². The molecule has 0 saturated heterocycles. The molecule has 2 aromatic carbocycles.